The molecule has 0 fully saturated rings. The summed E-state index contributed by atoms with van der Waals surface area (Å²) in [5, 5.41) is 0. The molecule has 0 spiro atoms. The van der Waals surface area contributed by atoms with E-state index in [-0.39, 0.29) is 0 Å². The van der Waals surface area contributed by atoms with E-state index in [2.05, 4.69) is 0 Å². The van der Waals surface area contributed by atoms with Crippen molar-refractivity contribution in [2.24, 2.45) is 0 Å². The molecule has 1 aromatic carbocycles. The Balaban J connectivity index is 3.60. The van der Waals surface area contributed by atoms with Gasteiger partial charge >= 0.3 is 0 Å². The molecule has 0 bridgehead atoms. The molecule has 0 heterocycles. The molecule has 0 saturated carbocycles. The highest BCUT2D eigenvalue weighted by Crippen LogP contribution is 2.21. The zero-order valence-corrected chi connectivity index (χ0v) is 5.89. The van der Waals surface area contributed by atoms with Gasteiger partial charge in [0.25, 0.3) is 0 Å². The Bertz CT molecular complexity index is 226. The lowest BCUT2D eigenvalue weighted by Crippen LogP contribution is -2.03. The van der Waals surface area contributed by atoms with Crippen molar-refractivity contribution in [3.63, 3.8) is 0 Å². The topological polar surface area (TPSA) is 0 Å². The van der Waals surface area contributed by atoms with Gasteiger partial charge in [-0.1, -0.05) is 0 Å². The molecule has 0 saturated heterocycles. The van der Waals surface area contributed by atoms with Crippen molar-refractivity contribution in [2.75, 3.05) is 0 Å². The Morgan fingerprint density at radius 1 is 0.583 bits per heavy atom. The molecule has 0 aliphatic carbocycles. The number of rotatable bonds is 0. The highest BCUT2D eigenvalue weighted by atomic mass is 19.2. The summed E-state index contributed by atoms with van der Waals surface area (Å²) in [6.45, 7) is 0.816. The van der Waals surface area contributed by atoms with E-state index < -0.39 is 34.6 Å². The minimum Gasteiger partial charge on any atom is -0.203 e. The Morgan fingerprint density at radius 2 is 0.833 bits per heavy atom. The smallest absolute Gasteiger partial charge is 0.200 e. The molecule has 0 atom stereocenters. The lowest BCUT2D eigenvalue weighted by Gasteiger charge is -2.02. The van der Waals surface area contributed by atoms with Crippen LogP contribution in [0.5, 0.6) is 0 Å². The molecular weight excluding hydrogens is 179 g/mol. The van der Waals surface area contributed by atoms with Crippen molar-refractivity contribution in [1.82, 2.24) is 0 Å². The van der Waals surface area contributed by atoms with Gasteiger partial charge in [0.15, 0.2) is 23.3 Å². The second-order valence-corrected chi connectivity index (χ2v) is 2.19. The summed E-state index contributed by atoms with van der Waals surface area (Å²) in [6.07, 6.45) is 0. The van der Waals surface area contributed by atoms with E-state index in [1.807, 2.05) is 0 Å². The first-order valence-corrected chi connectivity index (χ1v) is 2.94. The fraction of sp³-hybridized carbons (Fsp3) is 0.143. The van der Waals surface area contributed by atoms with Crippen LogP contribution in [0.15, 0.2) is 0 Å². The number of hydrogen-bond acceptors (Lipinski definition) is 0. The fourth-order valence-corrected chi connectivity index (χ4v) is 0.715. The molecule has 1 aromatic rings. The van der Waals surface area contributed by atoms with Crippen molar-refractivity contribution in [3.8, 4) is 0 Å². The van der Waals surface area contributed by atoms with Crippen LogP contribution in [0.2, 0.25) is 0 Å². The predicted octanol–water partition coefficient (Wildman–Crippen LogP) is 2.69. The molecule has 1 rings (SSSR count). The van der Waals surface area contributed by atoms with Crippen LogP contribution < -0.4 is 0 Å². The van der Waals surface area contributed by atoms with Crippen LogP contribution in [0.1, 0.15) is 5.56 Å². The molecule has 0 amide bonds. The summed E-state index contributed by atoms with van der Waals surface area (Å²) in [6, 6.07) is 0. The van der Waals surface area contributed by atoms with E-state index in [1.54, 1.807) is 0 Å². The van der Waals surface area contributed by atoms with E-state index in [9.17, 15) is 22.0 Å². The Labute approximate surface area is 64.6 Å². The van der Waals surface area contributed by atoms with Crippen LogP contribution in [0.25, 0.3) is 0 Å². The minimum absolute atomic E-state index is 0.816. The molecular formula is C7H3F5. The minimum atomic E-state index is -2.13. The third-order valence-corrected chi connectivity index (χ3v) is 1.43. The van der Waals surface area contributed by atoms with Crippen LogP contribution in [-0.2, 0) is 0 Å². The molecule has 0 nitrogen and oxygen atoms in total. The fourth-order valence-electron chi connectivity index (χ4n) is 0.715. The Kier molecular flexibility index (Phi) is 2.04. The summed E-state index contributed by atoms with van der Waals surface area (Å²) in [7, 11) is 0. The highest BCUT2D eigenvalue weighted by molar-refractivity contribution is 5.22. The monoisotopic (exact) mass is 182 g/mol. The molecule has 66 valence electrons. The first kappa shape index (κ1) is 8.96. The van der Waals surface area contributed by atoms with E-state index in [0.717, 1.165) is 6.92 Å². The Morgan fingerprint density at radius 3 is 1.17 bits per heavy atom. The van der Waals surface area contributed by atoms with Gasteiger partial charge in [0, 0.05) is 5.56 Å². The first-order valence-electron chi connectivity index (χ1n) is 2.94. The average molecular weight is 182 g/mol. The summed E-state index contributed by atoms with van der Waals surface area (Å²) < 4.78 is 61.6. The van der Waals surface area contributed by atoms with Gasteiger partial charge in [-0.2, -0.15) is 0 Å². The van der Waals surface area contributed by atoms with Crippen LogP contribution in [0.3, 0.4) is 0 Å². The van der Waals surface area contributed by atoms with Gasteiger partial charge < -0.3 is 0 Å². The zero-order valence-electron chi connectivity index (χ0n) is 5.89. The van der Waals surface area contributed by atoms with E-state index in [4.69, 9.17) is 0 Å². The van der Waals surface area contributed by atoms with Crippen LogP contribution in [-0.4, -0.2) is 0 Å². The predicted molar refractivity (Wildman–Crippen MR) is 31.0 cm³/mol. The van der Waals surface area contributed by atoms with E-state index in [1.165, 1.54) is 0 Å². The van der Waals surface area contributed by atoms with Crippen molar-refractivity contribution >= 4 is 0 Å². The molecule has 0 N–H and O–H groups in total. The van der Waals surface area contributed by atoms with Gasteiger partial charge in [0.1, 0.15) is 0 Å². The van der Waals surface area contributed by atoms with Crippen LogP contribution in [0.4, 0.5) is 22.0 Å². The average Bonchev–Trinajstić information content (AvgIpc) is 2.08. The molecule has 0 aliphatic rings. The van der Waals surface area contributed by atoms with Gasteiger partial charge in [-0.05, 0) is 6.92 Å². The van der Waals surface area contributed by atoms with Crippen LogP contribution >= 0.6 is 0 Å². The van der Waals surface area contributed by atoms with E-state index in [0.29, 0.717) is 0 Å². The van der Waals surface area contributed by atoms with E-state index >= 15 is 0 Å². The van der Waals surface area contributed by atoms with Crippen molar-refractivity contribution < 1.29 is 22.0 Å². The molecule has 0 radical (unpaired) electrons. The van der Waals surface area contributed by atoms with Gasteiger partial charge in [-0.25, -0.2) is 22.0 Å². The summed E-state index contributed by atoms with van der Waals surface area (Å²) in [5.74, 6) is -9.52. The zero-order chi connectivity index (χ0) is 9.46. The highest BCUT2D eigenvalue weighted by Gasteiger charge is 2.22. The molecule has 0 aliphatic heterocycles. The maximum atomic E-state index is 12.4. The third kappa shape index (κ3) is 1.05. The van der Waals surface area contributed by atoms with Gasteiger partial charge in [0.05, 0.1) is 0 Å². The first-order chi connectivity index (χ1) is 5.46. The van der Waals surface area contributed by atoms with Crippen molar-refractivity contribution in [2.45, 2.75) is 6.92 Å². The standard InChI is InChI=1S/C7H3F5/c1-2-3(8)5(10)7(12)6(11)4(2)9/h1H3. The maximum Gasteiger partial charge on any atom is 0.200 e. The molecule has 0 unspecified atom stereocenters. The van der Waals surface area contributed by atoms with Gasteiger partial charge in [-0.15, -0.1) is 0 Å². The molecule has 5 heteroatoms. The third-order valence-electron chi connectivity index (χ3n) is 1.43. The Hall–Kier alpha value is -1.13. The van der Waals surface area contributed by atoms with Crippen molar-refractivity contribution in [3.05, 3.63) is 34.6 Å². The van der Waals surface area contributed by atoms with Gasteiger partial charge in [0.2, 0.25) is 5.82 Å². The second kappa shape index (κ2) is 2.73. The quantitative estimate of drug-likeness (QED) is 0.328. The number of halogens is 5. The molecule has 12 heavy (non-hydrogen) atoms. The summed E-state index contributed by atoms with van der Waals surface area (Å²) in [5.41, 5.74) is -0.869. The van der Waals surface area contributed by atoms with Crippen LogP contribution in [0, 0.1) is 36.0 Å². The summed E-state index contributed by atoms with van der Waals surface area (Å²) in [4.78, 5) is 0. The molecule has 0 aromatic heterocycles. The lowest BCUT2D eigenvalue weighted by atomic mass is 10.2. The SMILES string of the molecule is Cc1c(F)c(F)c(F)c(F)c1F. The lowest BCUT2D eigenvalue weighted by molar-refractivity contribution is 0.373. The second-order valence-electron chi connectivity index (χ2n) is 2.19. The number of hydrogen-bond donors (Lipinski definition) is 0. The largest absolute Gasteiger partial charge is 0.203 e. The number of benzene rings is 1. The van der Waals surface area contributed by atoms with Gasteiger partial charge in [-0.3, -0.25) is 0 Å². The maximum absolute atomic E-state index is 12.4. The normalized spacial score (nSPS) is 10.5. The summed E-state index contributed by atoms with van der Waals surface area (Å²) >= 11 is 0. The van der Waals surface area contributed by atoms with Crippen molar-refractivity contribution in [1.29, 1.82) is 0 Å².